The van der Waals surface area contributed by atoms with E-state index in [-0.39, 0.29) is 19.1 Å². The van der Waals surface area contributed by atoms with Crippen molar-refractivity contribution in [1.82, 2.24) is 4.90 Å². The van der Waals surface area contributed by atoms with Gasteiger partial charge in [-0.1, -0.05) is 60.2 Å². The molecule has 1 aromatic heterocycles. The van der Waals surface area contributed by atoms with Crippen LogP contribution in [0, 0.1) is 6.92 Å². The average molecular weight is 435 g/mol. The van der Waals surface area contributed by atoms with Crippen LogP contribution in [-0.4, -0.2) is 42.0 Å². The highest BCUT2D eigenvalue weighted by Crippen LogP contribution is 2.28. The molecule has 6 heteroatoms. The van der Waals surface area contributed by atoms with E-state index in [4.69, 9.17) is 10.5 Å². The summed E-state index contributed by atoms with van der Waals surface area (Å²) in [5, 5.41) is 2.05. The molecule has 0 bridgehead atoms. The van der Waals surface area contributed by atoms with E-state index in [0.29, 0.717) is 19.4 Å². The van der Waals surface area contributed by atoms with E-state index in [1.807, 2.05) is 66.9 Å². The van der Waals surface area contributed by atoms with Crippen molar-refractivity contribution < 1.29 is 14.3 Å². The maximum atomic E-state index is 12.9. The maximum absolute atomic E-state index is 12.9. The van der Waals surface area contributed by atoms with Crippen LogP contribution in [0.4, 0.5) is 0 Å². The standard InChI is InChI=1S/C25H26N2O3S/c1-18-4-2-5-20(14-18)15-23(28)27-11-12-30-25(17-27,24(26)29)16-19-7-9-21(10-8-19)22-6-3-13-31-22/h2-10,13-14H,11-12,15-17H2,1H3,(H2,26,29). The molecule has 2 heterocycles. The average Bonchev–Trinajstić information content (AvgIpc) is 3.29. The zero-order chi connectivity index (χ0) is 21.8. The fraction of sp³-hybridized carbons (Fsp3) is 0.280. The smallest absolute Gasteiger partial charge is 0.251 e. The van der Waals surface area contributed by atoms with Gasteiger partial charge in [-0.3, -0.25) is 9.59 Å². The number of hydrogen-bond acceptors (Lipinski definition) is 4. The summed E-state index contributed by atoms with van der Waals surface area (Å²) in [6.07, 6.45) is 0.632. The van der Waals surface area contributed by atoms with Gasteiger partial charge in [0.2, 0.25) is 5.91 Å². The number of thiophene rings is 1. The number of primary amides is 1. The zero-order valence-electron chi connectivity index (χ0n) is 17.5. The molecule has 31 heavy (non-hydrogen) atoms. The van der Waals surface area contributed by atoms with E-state index >= 15 is 0 Å². The number of carbonyl (C=O) groups is 2. The molecule has 160 valence electrons. The van der Waals surface area contributed by atoms with Crippen LogP contribution in [0.25, 0.3) is 10.4 Å². The molecule has 1 aliphatic rings. The van der Waals surface area contributed by atoms with Crippen molar-refractivity contribution >= 4 is 23.2 Å². The van der Waals surface area contributed by atoms with E-state index in [0.717, 1.165) is 22.3 Å². The molecule has 1 unspecified atom stereocenters. The Kier molecular flexibility index (Phi) is 6.20. The van der Waals surface area contributed by atoms with Crippen molar-refractivity contribution in [2.24, 2.45) is 5.73 Å². The minimum Gasteiger partial charge on any atom is -0.367 e. The van der Waals surface area contributed by atoms with Crippen LogP contribution in [0.2, 0.25) is 0 Å². The van der Waals surface area contributed by atoms with Gasteiger partial charge in [-0.2, -0.15) is 0 Å². The van der Waals surface area contributed by atoms with Gasteiger partial charge in [0.25, 0.3) is 5.91 Å². The third kappa shape index (κ3) is 4.86. The van der Waals surface area contributed by atoms with Gasteiger partial charge in [0.05, 0.1) is 19.6 Å². The minimum absolute atomic E-state index is 0.0208. The highest BCUT2D eigenvalue weighted by Gasteiger charge is 2.43. The summed E-state index contributed by atoms with van der Waals surface area (Å²) >= 11 is 1.68. The number of benzene rings is 2. The van der Waals surface area contributed by atoms with Crippen molar-refractivity contribution in [3.63, 3.8) is 0 Å². The van der Waals surface area contributed by atoms with Crippen LogP contribution in [-0.2, 0) is 27.2 Å². The lowest BCUT2D eigenvalue weighted by atomic mass is 9.91. The van der Waals surface area contributed by atoms with Gasteiger partial charge in [0.15, 0.2) is 5.60 Å². The number of morpholine rings is 1. The lowest BCUT2D eigenvalue weighted by Gasteiger charge is -2.41. The highest BCUT2D eigenvalue weighted by atomic mass is 32.1. The number of nitrogens with zero attached hydrogens (tertiary/aromatic N) is 1. The predicted molar refractivity (Wildman–Crippen MR) is 123 cm³/mol. The summed E-state index contributed by atoms with van der Waals surface area (Å²) < 4.78 is 5.92. The van der Waals surface area contributed by atoms with Crippen molar-refractivity contribution in [2.75, 3.05) is 19.7 Å². The van der Waals surface area contributed by atoms with Crippen LogP contribution < -0.4 is 5.73 Å². The molecule has 0 radical (unpaired) electrons. The molecule has 2 aromatic carbocycles. The Bertz CT molecular complexity index is 1060. The molecule has 0 saturated carbocycles. The van der Waals surface area contributed by atoms with E-state index in [1.54, 1.807) is 16.2 Å². The molecule has 1 saturated heterocycles. The third-order valence-corrected chi connectivity index (χ3v) is 6.59. The Hall–Kier alpha value is -2.96. The van der Waals surface area contributed by atoms with Crippen LogP contribution >= 0.6 is 11.3 Å². The van der Waals surface area contributed by atoms with Gasteiger partial charge in [-0.15, -0.1) is 11.3 Å². The minimum atomic E-state index is -1.22. The molecule has 5 nitrogen and oxygen atoms in total. The second-order valence-corrected chi connectivity index (χ2v) is 8.99. The Balaban J connectivity index is 1.49. The first kappa shape index (κ1) is 21.3. The molecular formula is C25H26N2O3S. The SMILES string of the molecule is Cc1cccc(CC(=O)N2CCOC(Cc3ccc(-c4cccs4)cc3)(C(N)=O)C2)c1. The van der Waals surface area contributed by atoms with E-state index in [2.05, 4.69) is 6.07 Å². The second-order valence-electron chi connectivity index (χ2n) is 8.04. The first-order chi connectivity index (χ1) is 14.9. The summed E-state index contributed by atoms with van der Waals surface area (Å²) in [4.78, 5) is 28.3. The highest BCUT2D eigenvalue weighted by molar-refractivity contribution is 7.13. The molecule has 0 aliphatic carbocycles. The predicted octanol–water partition coefficient (Wildman–Crippen LogP) is 3.59. The molecule has 2 N–H and O–H groups in total. The summed E-state index contributed by atoms with van der Waals surface area (Å²) in [6, 6.07) is 20.1. The molecule has 4 rings (SSSR count). The van der Waals surface area contributed by atoms with Gasteiger partial charge in [-0.05, 0) is 35.1 Å². The van der Waals surface area contributed by atoms with E-state index < -0.39 is 11.5 Å². The summed E-state index contributed by atoms with van der Waals surface area (Å²) in [6.45, 7) is 2.91. The van der Waals surface area contributed by atoms with Gasteiger partial charge >= 0.3 is 0 Å². The quantitative estimate of drug-likeness (QED) is 0.644. The molecular weight excluding hydrogens is 408 g/mol. The van der Waals surface area contributed by atoms with Crippen molar-refractivity contribution in [1.29, 1.82) is 0 Å². The summed E-state index contributed by atoms with van der Waals surface area (Å²) in [5.74, 6) is -0.560. The molecule has 1 atom stereocenters. The Morgan fingerprint density at radius 3 is 2.58 bits per heavy atom. The van der Waals surface area contributed by atoms with Gasteiger partial charge in [0, 0.05) is 17.8 Å². The molecule has 3 aromatic rings. The number of amides is 2. The van der Waals surface area contributed by atoms with Crippen molar-refractivity contribution in [2.45, 2.75) is 25.4 Å². The molecule has 1 aliphatic heterocycles. The second kappa shape index (κ2) is 9.04. The number of rotatable bonds is 6. The largest absolute Gasteiger partial charge is 0.367 e. The van der Waals surface area contributed by atoms with Crippen LogP contribution in [0.1, 0.15) is 16.7 Å². The Morgan fingerprint density at radius 1 is 1.10 bits per heavy atom. The summed E-state index contributed by atoms with van der Waals surface area (Å²) in [7, 11) is 0. The van der Waals surface area contributed by atoms with Crippen molar-refractivity contribution in [3.05, 3.63) is 82.7 Å². The molecule has 0 spiro atoms. The maximum Gasteiger partial charge on any atom is 0.251 e. The van der Waals surface area contributed by atoms with Gasteiger partial charge in [-0.25, -0.2) is 0 Å². The van der Waals surface area contributed by atoms with Gasteiger partial charge < -0.3 is 15.4 Å². The lowest BCUT2D eigenvalue weighted by Crippen LogP contribution is -2.61. The van der Waals surface area contributed by atoms with Crippen molar-refractivity contribution in [3.8, 4) is 10.4 Å². The number of aryl methyl sites for hydroxylation is 1. The number of carbonyl (C=O) groups excluding carboxylic acids is 2. The fourth-order valence-electron chi connectivity index (χ4n) is 4.01. The van der Waals surface area contributed by atoms with Crippen LogP contribution in [0.15, 0.2) is 66.0 Å². The Labute approximate surface area is 186 Å². The first-order valence-corrected chi connectivity index (χ1v) is 11.2. The first-order valence-electron chi connectivity index (χ1n) is 10.4. The Morgan fingerprint density at radius 2 is 1.90 bits per heavy atom. The molecule has 2 amide bonds. The van der Waals surface area contributed by atoms with E-state index in [9.17, 15) is 9.59 Å². The number of hydrogen-bond donors (Lipinski definition) is 1. The van der Waals surface area contributed by atoms with Crippen LogP contribution in [0.5, 0.6) is 0 Å². The summed E-state index contributed by atoms with van der Waals surface area (Å²) in [5.41, 5.74) is 8.74. The normalized spacial score (nSPS) is 18.7. The zero-order valence-corrected chi connectivity index (χ0v) is 18.4. The van der Waals surface area contributed by atoms with Crippen LogP contribution in [0.3, 0.4) is 0 Å². The topological polar surface area (TPSA) is 72.6 Å². The monoisotopic (exact) mass is 434 g/mol. The van der Waals surface area contributed by atoms with E-state index in [1.165, 1.54) is 4.88 Å². The molecule has 1 fully saturated rings. The van der Waals surface area contributed by atoms with Gasteiger partial charge in [0.1, 0.15) is 0 Å². The third-order valence-electron chi connectivity index (χ3n) is 5.67. The number of nitrogens with two attached hydrogens (primary N) is 1. The lowest BCUT2D eigenvalue weighted by molar-refractivity contribution is -0.163. The number of ether oxygens (including phenoxy) is 1. The fourth-order valence-corrected chi connectivity index (χ4v) is 4.74.